The van der Waals surface area contributed by atoms with Gasteiger partial charge in [0.15, 0.2) is 0 Å². The molecular weight excluding hydrogens is 592 g/mol. The molecule has 7 heteroatoms. The Bertz CT molecular complexity index is 1230. The topological polar surface area (TPSA) is 0 Å². The van der Waals surface area contributed by atoms with Gasteiger partial charge in [-0.1, -0.05) is 107 Å². The molecule has 0 aliphatic carbocycles. The SMILES string of the molecule is Cc1ccc(C(=C2SSSSSC2=C(c2ccc(Cl)cc2)c2ccc(Cl)cc2)c2ccc(C)cc2)cc1. The highest BCUT2D eigenvalue weighted by atomic mass is 35.5. The summed E-state index contributed by atoms with van der Waals surface area (Å²) >= 11 is 12.6. The van der Waals surface area contributed by atoms with E-state index < -0.39 is 0 Å². The van der Waals surface area contributed by atoms with Crippen molar-refractivity contribution >= 4 is 85.4 Å². The highest BCUT2D eigenvalue weighted by Crippen LogP contribution is 2.63. The number of aryl methyl sites for hydroxylation is 2. The van der Waals surface area contributed by atoms with Gasteiger partial charge in [-0.25, -0.2) is 0 Å². The first-order chi connectivity index (χ1) is 18.0. The molecule has 1 aliphatic heterocycles. The Hall–Kier alpha value is -1.31. The van der Waals surface area contributed by atoms with Crippen LogP contribution in [0.25, 0.3) is 11.1 Å². The first-order valence-corrected chi connectivity index (χ1v) is 18.4. The van der Waals surface area contributed by atoms with E-state index in [-0.39, 0.29) is 0 Å². The molecule has 1 aliphatic rings. The molecule has 0 bridgehead atoms. The Balaban J connectivity index is 1.86. The highest BCUT2D eigenvalue weighted by molar-refractivity contribution is 9.36. The van der Waals surface area contributed by atoms with E-state index in [0.717, 1.165) is 21.2 Å². The molecule has 0 atom stereocenters. The quantitative estimate of drug-likeness (QED) is 0.209. The molecule has 0 N–H and O–H groups in total. The van der Waals surface area contributed by atoms with Crippen molar-refractivity contribution in [3.8, 4) is 0 Å². The summed E-state index contributed by atoms with van der Waals surface area (Å²) in [5.74, 6) is 0. The van der Waals surface area contributed by atoms with Crippen LogP contribution in [0.4, 0.5) is 0 Å². The van der Waals surface area contributed by atoms with Crippen LogP contribution in [-0.4, -0.2) is 0 Å². The zero-order chi connectivity index (χ0) is 25.8. The average Bonchev–Trinajstić information content (AvgIpc) is 3.15. The molecule has 0 amide bonds. The third-order valence-corrected chi connectivity index (χ3v) is 14.9. The summed E-state index contributed by atoms with van der Waals surface area (Å²) in [5.41, 5.74) is 9.57. The molecule has 1 heterocycles. The zero-order valence-corrected chi connectivity index (χ0v) is 25.6. The molecule has 0 aromatic heterocycles. The molecule has 37 heavy (non-hydrogen) atoms. The summed E-state index contributed by atoms with van der Waals surface area (Å²) in [6.07, 6.45) is 0. The van der Waals surface area contributed by atoms with Crippen molar-refractivity contribution in [2.45, 2.75) is 13.8 Å². The molecule has 0 nitrogen and oxygen atoms in total. The first kappa shape index (κ1) is 27.3. The fourth-order valence-corrected chi connectivity index (χ4v) is 13.6. The largest absolute Gasteiger partial charge is 0.0843 e. The van der Waals surface area contributed by atoms with Crippen LogP contribution in [0.5, 0.6) is 0 Å². The number of benzene rings is 4. The van der Waals surface area contributed by atoms with Crippen LogP contribution in [-0.2, 0) is 0 Å². The Kier molecular flexibility index (Phi) is 9.35. The van der Waals surface area contributed by atoms with Crippen LogP contribution < -0.4 is 0 Å². The van der Waals surface area contributed by atoms with E-state index in [2.05, 4.69) is 86.6 Å². The fourth-order valence-electron chi connectivity index (χ4n) is 4.02. The van der Waals surface area contributed by atoms with E-state index in [9.17, 15) is 0 Å². The molecule has 0 radical (unpaired) electrons. The van der Waals surface area contributed by atoms with Crippen LogP contribution in [0, 0.1) is 13.8 Å². The Morgan fingerprint density at radius 3 is 1.05 bits per heavy atom. The molecule has 1 fully saturated rings. The van der Waals surface area contributed by atoms with Gasteiger partial charge in [-0.2, -0.15) is 0 Å². The minimum atomic E-state index is 0.725. The minimum absolute atomic E-state index is 0.725. The van der Waals surface area contributed by atoms with Gasteiger partial charge in [0.2, 0.25) is 0 Å². The molecule has 5 rings (SSSR count). The smallest absolute Gasteiger partial charge is 0.0427 e. The zero-order valence-electron chi connectivity index (χ0n) is 20.0. The maximum atomic E-state index is 6.30. The van der Waals surface area contributed by atoms with Gasteiger partial charge < -0.3 is 0 Å². The van der Waals surface area contributed by atoms with E-state index in [4.69, 9.17) is 23.2 Å². The van der Waals surface area contributed by atoms with Gasteiger partial charge >= 0.3 is 0 Å². The molecule has 186 valence electrons. The number of rotatable bonds is 4. The van der Waals surface area contributed by atoms with Crippen LogP contribution >= 0.6 is 74.3 Å². The van der Waals surface area contributed by atoms with E-state index in [1.54, 1.807) is 29.5 Å². The van der Waals surface area contributed by atoms with Crippen molar-refractivity contribution in [2.24, 2.45) is 0 Å². The maximum Gasteiger partial charge on any atom is 0.0427 e. The highest BCUT2D eigenvalue weighted by Gasteiger charge is 2.25. The summed E-state index contributed by atoms with van der Waals surface area (Å²) in [7, 11) is 9.04. The van der Waals surface area contributed by atoms with Crippen molar-refractivity contribution in [1.29, 1.82) is 0 Å². The second-order valence-electron chi connectivity index (χ2n) is 8.52. The second kappa shape index (κ2) is 12.7. The third-order valence-electron chi connectivity index (χ3n) is 5.90. The lowest BCUT2D eigenvalue weighted by Gasteiger charge is -2.20. The monoisotopic (exact) mass is 612 g/mol. The molecule has 0 unspecified atom stereocenters. The lowest BCUT2D eigenvalue weighted by molar-refractivity contribution is 1.42. The molecule has 0 spiro atoms. The minimum Gasteiger partial charge on any atom is -0.0843 e. The van der Waals surface area contributed by atoms with Crippen molar-refractivity contribution in [2.75, 3.05) is 0 Å². The fraction of sp³-hybridized carbons (Fsp3) is 0.0667. The molecule has 1 saturated heterocycles. The van der Waals surface area contributed by atoms with E-state index >= 15 is 0 Å². The third kappa shape index (κ3) is 6.65. The predicted molar refractivity (Wildman–Crippen MR) is 175 cm³/mol. The van der Waals surface area contributed by atoms with Crippen LogP contribution in [0.3, 0.4) is 0 Å². The number of hydrogen-bond donors (Lipinski definition) is 0. The van der Waals surface area contributed by atoms with Crippen molar-refractivity contribution in [3.05, 3.63) is 150 Å². The predicted octanol–water partition coefficient (Wildman–Crippen LogP) is 12.2. The van der Waals surface area contributed by atoms with Crippen molar-refractivity contribution < 1.29 is 0 Å². The molecule has 4 aromatic rings. The van der Waals surface area contributed by atoms with E-state index in [1.807, 2.05) is 45.9 Å². The summed E-state index contributed by atoms with van der Waals surface area (Å²) in [5, 5.41) is 1.45. The van der Waals surface area contributed by atoms with Crippen LogP contribution in [0.1, 0.15) is 33.4 Å². The van der Waals surface area contributed by atoms with E-state index in [1.165, 1.54) is 43.2 Å². The van der Waals surface area contributed by atoms with Crippen LogP contribution in [0.15, 0.2) is 107 Å². The first-order valence-electron chi connectivity index (χ1n) is 11.5. The standard InChI is InChI=1S/C30H22Cl2S5/c1-19-3-7-21(8-4-19)27(22-9-5-20(2)6-10-22)29-30(34-36-37-35-33-29)28(23-11-15-25(31)16-12-23)24-13-17-26(32)18-14-24/h3-18H,1-2H3. The van der Waals surface area contributed by atoms with Crippen molar-refractivity contribution in [3.63, 3.8) is 0 Å². The normalized spacial score (nSPS) is 13.8. The Morgan fingerprint density at radius 2 is 0.730 bits per heavy atom. The summed E-state index contributed by atoms with van der Waals surface area (Å²) < 4.78 is 0. The molecule has 0 saturated carbocycles. The number of hydrogen-bond acceptors (Lipinski definition) is 5. The van der Waals surface area contributed by atoms with Gasteiger partial charge in [-0.3, -0.25) is 0 Å². The van der Waals surface area contributed by atoms with Gasteiger partial charge in [0.05, 0.1) is 0 Å². The number of halogens is 2. The van der Waals surface area contributed by atoms with Gasteiger partial charge in [0.25, 0.3) is 0 Å². The van der Waals surface area contributed by atoms with E-state index in [0.29, 0.717) is 0 Å². The second-order valence-corrected chi connectivity index (χ2v) is 16.9. The summed E-state index contributed by atoms with van der Waals surface area (Å²) in [6, 6.07) is 34.0. The Morgan fingerprint density at radius 1 is 0.432 bits per heavy atom. The lowest BCUT2D eigenvalue weighted by Crippen LogP contribution is -1.98. The van der Waals surface area contributed by atoms with Gasteiger partial charge in [-0.05, 0) is 111 Å². The Labute approximate surface area is 247 Å². The van der Waals surface area contributed by atoms with Gasteiger partial charge in [0, 0.05) is 31.0 Å². The maximum absolute atomic E-state index is 6.30. The molecular formula is C30H22Cl2S5. The summed E-state index contributed by atoms with van der Waals surface area (Å²) in [4.78, 5) is 2.48. The van der Waals surface area contributed by atoms with Gasteiger partial charge in [-0.15, -0.1) is 0 Å². The average molecular weight is 614 g/mol. The summed E-state index contributed by atoms with van der Waals surface area (Å²) in [6.45, 7) is 4.26. The van der Waals surface area contributed by atoms with Crippen molar-refractivity contribution in [1.82, 2.24) is 0 Å². The van der Waals surface area contributed by atoms with Gasteiger partial charge in [0.1, 0.15) is 0 Å². The molecule has 4 aromatic carbocycles. The van der Waals surface area contributed by atoms with Crippen LogP contribution in [0.2, 0.25) is 10.0 Å². The lowest BCUT2D eigenvalue weighted by atomic mass is 9.93.